The standard InChI is InChI=1S/C19H24N4O4/c1-4-20-19(21-13-14-8-6-7-9-16(14)23(24)25)22-15-10-11-17(27-5-2)18(12-15)26-3/h6-12H,4-5,13H2,1-3H3,(H2,20,21,22). The smallest absolute Gasteiger partial charge is 0.274 e. The second-order valence-corrected chi connectivity index (χ2v) is 5.50. The first kappa shape index (κ1) is 20.0. The molecule has 0 aliphatic rings. The van der Waals surface area contributed by atoms with Crippen LogP contribution < -0.4 is 20.1 Å². The minimum absolute atomic E-state index is 0.0554. The number of nitrogens with one attached hydrogen (secondary N) is 2. The van der Waals surface area contributed by atoms with Gasteiger partial charge in [-0.3, -0.25) is 10.1 Å². The molecule has 27 heavy (non-hydrogen) atoms. The van der Waals surface area contributed by atoms with Crippen molar-refractivity contribution in [3.05, 3.63) is 58.1 Å². The third-order valence-electron chi connectivity index (χ3n) is 3.67. The molecule has 0 aliphatic heterocycles. The number of nitro benzene ring substituents is 1. The summed E-state index contributed by atoms with van der Waals surface area (Å²) in [7, 11) is 1.58. The summed E-state index contributed by atoms with van der Waals surface area (Å²) in [4.78, 5) is 15.2. The van der Waals surface area contributed by atoms with Gasteiger partial charge >= 0.3 is 0 Å². The van der Waals surface area contributed by atoms with Gasteiger partial charge < -0.3 is 20.1 Å². The molecule has 0 radical (unpaired) electrons. The zero-order valence-electron chi connectivity index (χ0n) is 15.7. The Morgan fingerprint density at radius 1 is 1.19 bits per heavy atom. The molecule has 0 amide bonds. The first-order valence-corrected chi connectivity index (χ1v) is 8.67. The number of rotatable bonds is 8. The van der Waals surface area contributed by atoms with Gasteiger partial charge in [-0.25, -0.2) is 4.99 Å². The maximum Gasteiger partial charge on any atom is 0.274 e. The summed E-state index contributed by atoms with van der Waals surface area (Å²) >= 11 is 0. The highest BCUT2D eigenvalue weighted by molar-refractivity contribution is 5.93. The highest BCUT2D eigenvalue weighted by Gasteiger charge is 2.12. The molecular weight excluding hydrogens is 348 g/mol. The largest absolute Gasteiger partial charge is 0.493 e. The average Bonchev–Trinajstić information content (AvgIpc) is 2.67. The van der Waals surface area contributed by atoms with Crippen LogP contribution in [0.5, 0.6) is 11.5 Å². The van der Waals surface area contributed by atoms with Gasteiger partial charge in [0.05, 0.1) is 30.7 Å². The van der Waals surface area contributed by atoms with Gasteiger partial charge in [-0.2, -0.15) is 0 Å². The van der Waals surface area contributed by atoms with Gasteiger partial charge in [0.2, 0.25) is 0 Å². The van der Waals surface area contributed by atoms with E-state index in [9.17, 15) is 10.1 Å². The lowest BCUT2D eigenvalue weighted by Crippen LogP contribution is -2.30. The Hall–Kier alpha value is -3.29. The van der Waals surface area contributed by atoms with E-state index in [0.717, 1.165) is 5.69 Å². The molecule has 0 aromatic heterocycles. The SMILES string of the molecule is CCNC(=NCc1ccccc1[N+](=O)[O-])Nc1ccc(OCC)c(OC)c1. The van der Waals surface area contributed by atoms with Crippen molar-refractivity contribution in [3.8, 4) is 11.5 Å². The van der Waals surface area contributed by atoms with E-state index in [0.29, 0.717) is 36.2 Å². The Morgan fingerprint density at radius 2 is 1.96 bits per heavy atom. The second kappa shape index (κ2) is 10.0. The summed E-state index contributed by atoms with van der Waals surface area (Å²) < 4.78 is 10.9. The molecule has 2 aromatic rings. The fourth-order valence-corrected chi connectivity index (χ4v) is 2.45. The number of nitrogens with zero attached hydrogens (tertiary/aromatic N) is 2. The van der Waals surface area contributed by atoms with Crippen molar-refractivity contribution in [2.75, 3.05) is 25.6 Å². The Morgan fingerprint density at radius 3 is 2.63 bits per heavy atom. The number of nitro groups is 1. The molecule has 8 nitrogen and oxygen atoms in total. The van der Waals surface area contributed by atoms with Crippen LogP contribution in [0.15, 0.2) is 47.5 Å². The lowest BCUT2D eigenvalue weighted by Gasteiger charge is -2.14. The fraction of sp³-hybridized carbons (Fsp3) is 0.316. The van der Waals surface area contributed by atoms with E-state index in [1.807, 2.05) is 32.0 Å². The molecule has 0 unspecified atom stereocenters. The molecule has 144 valence electrons. The van der Waals surface area contributed by atoms with E-state index in [4.69, 9.17) is 9.47 Å². The fourth-order valence-electron chi connectivity index (χ4n) is 2.45. The van der Waals surface area contributed by atoms with E-state index in [1.165, 1.54) is 6.07 Å². The maximum atomic E-state index is 11.1. The molecule has 0 saturated carbocycles. The maximum absolute atomic E-state index is 11.1. The van der Waals surface area contributed by atoms with Crippen molar-refractivity contribution in [3.63, 3.8) is 0 Å². The second-order valence-electron chi connectivity index (χ2n) is 5.50. The summed E-state index contributed by atoms with van der Waals surface area (Å²) in [6.07, 6.45) is 0. The van der Waals surface area contributed by atoms with Crippen LogP contribution in [0.1, 0.15) is 19.4 Å². The Kier molecular flexibility index (Phi) is 7.42. The van der Waals surface area contributed by atoms with Crippen LogP contribution in [0, 0.1) is 10.1 Å². The van der Waals surface area contributed by atoms with Crippen LogP contribution in [-0.4, -0.2) is 31.1 Å². The zero-order valence-corrected chi connectivity index (χ0v) is 15.7. The first-order chi connectivity index (χ1) is 13.1. The Balaban J connectivity index is 2.20. The topological polar surface area (TPSA) is 98.0 Å². The third kappa shape index (κ3) is 5.60. The summed E-state index contributed by atoms with van der Waals surface area (Å²) in [6.45, 7) is 5.23. The van der Waals surface area contributed by atoms with Crippen LogP contribution in [0.2, 0.25) is 0 Å². The van der Waals surface area contributed by atoms with Gasteiger partial charge in [-0.1, -0.05) is 18.2 Å². The lowest BCUT2D eigenvalue weighted by molar-refractivity contribution is -0.385. The number of anilines is 1. The summed E-state index contributed by atoms with van der Waals surface area (Å²) in [6, 6.07) is 12.1. The minimum atomic E-state index is -0.400. The number of hydrogen-bond donors (Lipinski definition) is 2. The first-order valence-electron chi connectivity index (χ1n) is 8.67. The van der Waals surface area contributed by atoms with Crippen molar-refractivity contribution in [2.45, 2.75) is 20.4 Å². The average molecular weight is 372 g/mol. The Bertz CT molecular complexity index is 808. The number of aliphatic imine (C=N–C) groups is 1. The zero-order chi connectivity index (χ0) is 19.6. The molecule has 0 heterocycles. The van der Waals surface area contributed by atoms with Crippen LogP contribution in [-0.2, 0) is 6.54 Å². The number of methoxy groups -OCH3 is 1. The van der Waals surface area contributed by atoms with Crippen molar-refractivity contribution in [1.29, 1.82) is 0 Å². The summed E-state index contributed by atoms with van der Waals surface area (Å²) in [5, 5.41) is 17.4. The summed E-state index contributed by atoms with van der Waals surface area (Å²) in [5.74, 6) is 1.78. The number of hydrogen-bond acceptors (Lipinski definition) is 5. The van der Waals surface area contributed by atoms with E-state index < -0.39 is 4.92 Å². The molecule has 2 rings (SSSR count). The summed E-state index contributed by atoms with van der Waals surface area (Å²) in [5.41, 5.74) is 1.36. The highest BCUT2D eigenvalue weighted by atomic mass is 16.6. The van der Waals surface area contributed by atoms with E-state index in [2.05, 4.69) is 15.6 Å². The van der Waals surface area contributed by atoms with Gasteiger partial charge in [-0.15, -0.1) is 0 Å². The lowest BCUT2D eigenvalue weighted by atomic mass is 10.2. The number of benzene rings is 2. The van der Waals surface area contributed by atoms with Crippen molar-refractivity contribution < 1.29 is 14.4 Å². The van der Waals surface area contributed by atoms with Crippen LogP contribution in [0.25, 0.3) is 0 Å². The van der Waals surface area contributed by atoms with E-state index in [-0.39, 0.29) is 12.2 Å². The van der Waals surface area contributed by atoms with E-state index in [1.54, 1.807) is 25.3 Å². The van der Waals surface area contributed by atoms with Crippen molar-refractivity contribution in [2.24, 2.45) is 4.99 Å². The molecular formula is C19H24N4O4. The monoisotopic (exact) mass is 372 g/mol. The molecule has 2 aromatic carbocycles. The predicted molar refractivity (Wildman–Crippen MR) is 106 cm³/mol. The number of para-hydroxylation sites is 1. The van der Waals surface area contributed by atoms with Gasteiger partial charge in [-0.05, 0) is 26.0 Å². The van der Waals surface area contributed by atoms with Crippen LogP contribution >= 0.6 is 0 Å². The van der Waals surface area contributed by atoms with Gasteiger partial charge in [0.25, 0.3) is 5.69 Å². The highest BCUT2D eigenvalue weighted by Crippen LogP contribution is 2.30. The van der Waals surface area contributed by atoms with Gasteiger partial charge in [0, 0.05) is 24.4 Å². The number of ether oxygens (including phenoxy) is 2. The van der Waals surface area contributed by atoms with Gasteiger partial charge in [0.15, 0.2) is 17.5 Å². The van der Waals surface area contributed by atoms with Crippen LogP contribution in [0.3, 0.4) is 0 Å². The quantitative estimate of drug-likeness (QED) is 0.318. The molecule has 0 bridgehead atoms. The molecule has 0 aliphatic carbocycles. The third-order valence-corrected chi connectivity index (χ3v) is 3.67. The predicted octanol–water partition coefficient (Wildman–Crippen LogP) is 3.58. The minimum Gasteiger partial charge on any atom is -0.493 e. The molecule has 8 heteroatoms. The van der Waals surface area contributed by atoms with Crippen molar-refractivity contribution in [1.82, 2.24) is 5.32 Å². The van der Waals surface area contributed by atoms with Crippen LogP contribution in [0.4, 0.5) is 11.4 Å². The van der Waals surface area contributed by atoms with Gasteiger partial charge in [0.1, 0.15) is 0 Å². The normalized spacial score (nSPS) is 11.0. The molecule has 0 spiro atoms. The molecule has 0 atom stereocenters. The Labute approximate surface area is 158 Å². The molecule has 2 N–H and O–H groups in total. The molecule has 0 fully saturated rings. The van der Waals surface area contributed by atoms with Crippen molar-refractivity contribution >= 4 is 17.3 Å². The number of guanidine groups is 1. The van der Waals surface area contributed by atoms with E-state index >= 15 is 0 Å². The molecule has 0 saturated heterocycles.